The largest absolute Gasteiger partial charge is 0.467 e. The third kappa shape index (κ3) is 5.92. The smallest absolute Gasteiger partial charge is 0.328 e. The molecule has 3 rings (SSSR count). The lowest BCUT2D eigenvalue weighted by Gasteiger charge is -2.22. The molecule has 0 aliphatic rings. The Morgan fingerprint density at radius 1 is 0.806 bits per heavy atom. The summed E-state index contributed by atoms with van der Waals surface area (Å²) in [5, 5.41) is 7.52. The summed E-state index contributed by atoms with van der Waals surface area (Å²) >= 11 is 0. The highest BCUT2D eigenvalue weighted by molar-refractivity contribution is 5.91. The van der Waals surface area contributed by atoms with Crippen LogP contribution in [0, 0.1) is 0 Å². The van der Waals surface area contributed by atoms with Gasteiger partial charge in [-0.15, -0.1) is 0 Å². The lowest BCUT2D eigenvalue weighted by atomic mass is 9.98. The van der Waals surface area contributed by atoms with Crippen LogP contribution in [0.5, 0.6) is 0 Å². The predicted molar refractivity (Wildman–Crippen MR) is 119 cm³/mol. The second kappa shape index (κ2) is 10.4. The monoisotopic (exact) mass is 418 g/mol. The van der Waals surface area contributed by atoms with Crippen molar-refractivity contribution in [2.24, 2.45) is 0 Å². The van der Waals surface area contributed by atoms with E-state index in [-0.39, 0.29) is 12.3 Å². The van der Waals surface area contributed by atoms with Crippen molar-refractivity contribution < 1.29 is 19.1 Å². The predicted octanol–water partition coefficient (Wildman–Crippen LogP) is 2.79. The normalized spacial score (nSPS) is 12.6. The summed E-state index contributed by atoms with van der Waals surface area (Å²) in [6.45, 7) is 1.36. The van der Waals surface area contributed by atoms with Crippen LogP contribution in [0.2, 0.25) is 0 Å². The molecule has 0 aliphatic heterocycles. The molecule has 6 nitrogen and oxygen atoms in total. The number of carbonyl (C=O) groups excluding carboxylic acids is 3. The van der Waals surface area contributed by atoms with Gasteiger partial charge in [-0.3, -0.25) is 9.59 Å². The molecule has 0 saturated heterocycles. The SMILES string of the molecule is COC(=O)[C@@H](Cc1cccc2ccccc12)NC(=O)[C@@H](Cc1ccccc1)NC(C)=O. The summed E-state index contributed by atoms with van der Waals surface area (Å²) < 4.78 is 4.94. The number of esters is 1. The molecule has 0 aromatic heterocycles. The van der Waals surface area contributed by atoms with E-state index < -0.39 is 24.0 Å². The van der Waals surface area contributed by atoms with Gasteiger partial charge in [-0.1, -0.05) is 72.8 Å². The summed E-state index contributed by atoms with van der Waals surface area (Å²) in [5.74, 6) is -1.29. The van der Waals surface area contributed by atoms with Crippen molar-refractivity contribution in [1.29, 1.82) is 0 Å². The molecular weight excluding hydrogens is 392 g/mol. The van der Waals surface area contributed by atoms with Gasteiger partial charge in [0.05, 0.1) is 7.11 Å². The summed E-state index contributed by atoms with van der Waals surface area (Å²) in [6, 6.07) is 21.4. The molecule has 0 saturated carbocycles. The van der Waals surface area contributed by atoms with Gasteiger partial charge in [-0.2, -0.15) is 0 Å². The highest BCUT2D eigenvalue weighted by Crippen LogP contribution is 2.20. The number of amides is 2. The van der Waals surface area contributed by atoms with Crippen molar-refractivity contribution in [2.75, 3.05) is 7.11 Å². The van der Waals surface area contributed by atoms with Gasteiger partial charge >= 0.3 is 5.97 Å². The van der Waals surface area contributed by atoms with E-state index in [1.165, 1.54) is 14.0 Å². The molecule has 3 aromatic carbocycles. The Morgan fingerprint density at radius 3 is 2.19 bits per heavy atom. The molecule has 0 spiro atoms. The Labute approximate surface area is 181 Å². The third-order valence-electron chi connectivity index (χ3n) is 5.08. The summed E-state index contributed by atoms with van der Waals surface area (Å²) in [4.78, 5) is 37.2. The third-order valence-corrected chi connectivity index (χ3v) is 5.08. The van der Waals surface area contributed by atoms with Gasteiger partial charge in [0.2, 0.25) is 11.8 Å². The molecule has 160 valence electrons. The van der Waals surface area contributed by atoms with Gasteiger partial charge in [0, 0.05) is 19.8 Å². The maximum atomic E-state index is 13.0. The Balaban J connectivity index is 1.81. The zero-order valence-corrected chi connectivity index (χ0v) is 17.6. The van der Waals surface area contributed by atoms with Crippen LogP contribution in [0.3, 0.4) is 0 Å². The van der Waals surface area contributed by atoms with Gasteiger partial charge in [-0.25, -0.2) is 4.79 Å². The minimum absolute atomic E-state index is 0.276. The van der Waals surface area contributed by atoms with Crippen molar-refractivity contribution in [3.63, 3.8) is 0 Å². The number of hydrogen-bond acceptors (Lipinski definition) is 4. The number of rotatable bonds is 8. The van der Waals surface area contributed by atoms with Crippen LogP contribution in [0.25, 0.3) is 10.8 Å². The first kappa shape index (κ1) is 22.0. The van der Waals surface area contributed by atoms with Gasteiger partial charge in [0.25, 0.3) is 0 Å². The van der Waals surface area contributed by atoms with E-state index in [0.29, 0.717) is 6.42 Å². The Hall–Kier alpha value is -3.67. The molecule has 31 heavy (non-hydrogen) atoms. The average Bonchev–Trinajstić information content (AvgIpc) is 2.78. The van der Waals surface area contributed by atoms with E-state index >= 15 is 0 Å². The summed E-state index contributed by atoms with van der Waals surface area (Å²) in [6.07, 6.45) is 0.590. The zero-order chi connectivity index (χ0) is 22.2. The quantitative estimate of drug-likeness (QED) is 0.551. The number of nitrogens with one attached hydrogen (secondary N) is 2. The first-order chi connectivity index (χ1) is 15.0. The zero-order valence-electron chi connectivity index (χ0n) is 17.6. The second-order valence-electron chi connectivity index (χ2n) is 7.37. The molecule has 2 atom stereocenters. The van der Waals surface area contributed by atoms with Crippen LogP contribution >= 0.6 is 0 Å². The van der Waals surface area contributed by atoms with Crippen molar-refractivity contribution in [2.45, 2.75) is 31.8 Å². The van der Waals surface area contributed by atoms with Crippen LogP contribution in [0.15, 0.2) is 72.8 Å². The van der Waals surface area contributed by atoms with Crippen LogP contribution < -0.4 is 10.6 Å². The van der Waals surface area contributed by atoms with Crippen LogP contribution in [-0.4, -0.2) is 37.0 Å². The first-order valence-corrected chi connectivity index (χ1v) is 10.1. The van der Waals surface area contributed by atoms with Crippen LogP contribution in [0.1, 0.15) is 18.1 Å². The second-order valence-corrected chi connectivity index (χ2v) is 7.37. The fourth-order valence-electron chi connectivity index (χ4n) is 3.60. The molecule has 0 fully saturated rings. The molecule has 2 amide bonds. The fraction of sp³-hybridized carbons (Fsp3) is 0.240. The van der Waals surface area contributed by atoms with E-state index in [1.807, 2.05) is 72.8 Å². The maximum Gasteiger partial charge on any atom is 0.328 e. The van der Waals surface area contributed by atoms with Crippen molar-refractivity contribution in [1.82, 2.24) is 10.6 Å². The van der Waals surface area contributed by atoms with Gasteiger partial charge in [-0.05, 0) is 21.9 Å². The number of methoxy groups -OCH3 is 1. The Kier molecular flexibility index (Phi) is 7.38. The maximum absolute atomic E-state index is 13.0. The van der Waals surface area contributed by atoms with E-state index in [2.05, 4.69) is 10.6 Å². The summed E-state index contributed by atoms with van der Waals surface area (Å²) in [5.41, 5.74) is 1.83. The van der Waals surface area contributed by atoms with E-state index in [0.717, 1.165) is 21.9 Å². The molecule has 0 radical (unpaired) electrons. The molecule has 2 N–H and O–H groups in total. The van der Waals surface area contributed by atoms with Crippen LogP contribution in [-0.2, 0) is 32.0 Å². The lowest BCUT2D eigenvalue weighted by molar-refractivity contribution is -0.145. The molecule has 3 aromatic rings. The first-order valence-electron chi connectivity index (χ1n) is 10.1. The number of benzene rings is 3. The fourth-order valence-corrected chi connectivity index (χ4v) is 3.60. The molecular formula is C25H26N2O4. The van der Waals surface area contributed by atoms with Crippen molar-refractivity contribution in [3.05, 3.63) is 83.9 Å². The van der Waals surface area contributed by atoms with Crippen LogP contribution in [0.4, 0.5) is 0 Å². The minimum atomic E-state index is -0.879. The number of carbonyl (C=O) groups is 3. The van der Waals surface area contributed by atoms with Crippen molar-refractivity contribution in [3.8, 4) is 0 Å². The highest BCUT2D eigenvalue weighted by atomic mass is 16.5. The van der Waals surface area contributed by atoms with Gasteiger partial charge in [0.1, 0.15) is 12.1 Å². The molecule has 0 heterocycles. The molecule has 6 heteroatoms. The standard InChI is InChI=1S/C25H26N2O4/c1-17(28)26-22(15-18-9-4-3-5-10-18)24(29)27-23(25(30)31-2)16-20-13-8-12-19-11-6-7-14-21(19)20/h3-14,22-23H,15-16H2,1-2H3,(H,26,28)(H,27,29)/t22-,23-/m1/s1. The highest BCUT2D eigenvalue weighted by Gasteiger charge is 2.27. The van der Waals surface area contributed by atoms with E-state index in [1.54, 1.807) is 0 Å². The topological polar surface area (TPSA) is 84.5 Å². The Bertz CT molecular complexity index is 1060. The van der Waals surface area contributed by atoms with E-state index in [9.17, 15) is 14.4 Å². The number of fused-ring (bicyclic) bond motifs is 1. The molecule has 0 unspecified atom stereocenters. The molecule has 0 bridgehead atoms. The summed E-state index contributed by atoms with van der Waals surface area (Å²) in [7, 11) is 1.29. The van der Waals surface area contributed by atoms with Crippen molar-refractivity contribution >= 4 is 28.6 Å². The Morgan fingerprint density at radius 2 is 1.48 bits per heavy atom. The minimum Gasteiger partial charge on any atom is -0.467 e. The average molecular weight is 418 g/mol. The van der Waals surface area contributed by atoms with Gasteiger partial charge in [0.15, 0.2) is 0 Å². The number of hydrogen-bond donors (Lipinski definition) is 2. The van der Waals surface area contributed by atoms with E-state index in [4.69, 9.17) is 4.74 Å². The number of ether oxygens (including phenoxy) is 1. The lowest BCUT2D eigenvalue weighted by Crippen LogP contribution is -2.53. The molecule has 0 aliphatic carbocycles. The van der Waals surface area contributed by atoms with Gasteiger partial charge < -0.3 is 15.4 Å².